The number of furan rings is 1. The fraction of sp³-hybridized carbons (Fsp3) is 0.100. The largest absolute Gasteiger partial charge is 0.478 e. The van der Waals surface area contributed by atoms with E-state index in [9.17, 15) is 9.90 Å². The minimum atomic E-state index is -1.09. The zero-order valence-electron chi connectivity index (χ0n) is 15.0. The van der Waals surface area contributed by atoms with E-state index in [1.165, 1.54) is 23.5 Å². The number of hydrogen-bond acceptors (Lipinski definition) is 6. The van der Waals surface area contributed by atoms with Crippen LogP contribution in [0.25, 0.3) is 21.5 Å². The van der Waals surface area contributed by atoms with Crippen LogP contribution in [0.2, 0.25) is 5.02 Å². The van der Waals surface area contributed by atoms with Crippen molar-refractivity contribution in [2.24, 2.45) is 10.2 Å². The van der Waals surface area contributed by atoms with Crippen LogP contribution in [0.4, 0.5) is 5.13 Å². The van der Waals surface area contributed by atoms with Gasteiger partial charge >= 0.3 is 5.97 Å². The van der Waals surface area contributed by atoms with Crippen molar-refractivity contribution >= 4 is 60.2 Å². The van der Waals surface area contributed by atoms with E-state index in [1.54, 1.807) is 18.2 Å². The standard InChI is InChI=1S/C20H13BrClN3O3S/c1-10(24-25-20-23-15-9-12(21)3-7-18(15)29-20)16-5-6-17(28-16)11-2-4-14(22)13(8-11)19(26)27/h2-10H,1H3,(H,26,27). The molecule has 2 aromatic heterocycles. The van der Waals surface area contributed by atoms with Crippen molar-refractivity contribution in [3.63, 3.8) is 0 Å². The number of nitrogens with zero attached hydrogens (tertiary/aromatic N) is 3. The van der Waals surface area contributed by atoms with E-state index in [-0.39, 0.29) is 16.6 Å². The SMILES string of the molecule is CC(N=Nc1nc2cc(Br)ccc2s1)c1ccc(-c2ccc(Cl)c(C(=O)O)c2)o1. The number of azo groups is 1. The van der Waals surface area contributed by atoms with Crippen molar-refractivity contribution < 1.29 is 14.3 Å². The van der Waals surface area contributed by atoms with Gasteiger partial charge in [-0.2, -0.15) is 5.11 Å². The second-order valence-corrected chi connectivity index (χ2v) is 8.53. The van der Waals surface area contributed by atoms with Crippen LogP contribution in [0, 0.1) is 0 Å². The monoisotopic (exact) mass is 489 g/mol. The summed E-state index contributed by atoms with van der Waals surface area (Å²) in [5.74, 6) is 0.0548. The van der Waals surface area contributed by atoms with Crippen LogP contribution in [-0.4, -0.2) is 16.1 Å². The molecule has 4 rings (SSSR count). The second kappa shape index (κ2) is 8.06. The molecule has 0 fully saturated rings. The molecule has 2 heterocycles. The number of carboxylic acid groups (broad SMARTS) is 1. The normalized spacial score (nSPS) is 12.7. The van der Waals surface area contributed by atoms with Crippen molar-refractivity contribution in [1.29, 1.82) is 0 Å². The zero-order valence-corrected chi connectivity index (χ0v) is 18.1. The highest BCUT2D eigenvalue weighted by atomic mass is 79.9. The molecule has 2 aromatic carbocycles. The summed E-state index contributed by atoms with van der Waals surface area (Å²) in [6.45, 7) is 1.86. The van der Waals surface area contributed by atoms with Gasteiger partial charge in [0.05, 0.1) is 20.8 Å². The summed E-state index contributed by atoms with van der Waals surface area (Å²) in [6.07, 6.45) is 0. The van der Waals surface area contributed by atoms with Crippen LogP contribution < -0.4 is 0 Å². The number of carbonyl (C=O) groups is 1. The fourth-order valence-corrected chi connectivity index (χ4v) is 4.02. The molecule has 0 spiro atoms. The number of rotatable bonds is 5. The predicted octanol–water partition coefficient (Wildman–Crippen LogP) is 7.52. The summed E-state index contributed by atoms with van der Waals surface area (Å²) >= 11 is 10.8. The summed E-state index contributed by atoms with van der Waals surface area (Å²) in [6, 6.07) is 13.9. The first-order chi connectivity index (χ1) is 13.9. The molecular weight excluding hydrogens is 478 g/mol. The number of hydrogen-bond donors (Lipinski definition) is 1. The number of halogens is 2. The zero-order chi connectivity index (χ0) is 20.5. The summed E-state index contributed by atoms with van der Waals surface area (Å²) in [4.78, 5) is 15.7. The fourth-order valence-electron chi connectivity index (χ4n) is 2.70. The lowest BCUT2D eigenvalue weighted by Gasteiger charge is -2.03. The molecule has 4 aromatic rings. The van der Waals surface area contributed by atoms with Gasteiger partial charge in [0.15, 0.2) is 0 Å². The van der Waals surface area contributed by atoms with Gasteiger partial charge in [-0.15, -0.1) is 5.11 Å². The molecule has 0 aliphatic heterocycles. The summed E-state index contributed by atoms with van der Waals surface area (Å²) in [5.41, 5.74) is 1.51. The maximum Gasteiger partial charge on any atom is 0.337 e. The van der Waals surface area contributed by atoms with Crippen LogP contribution in [0.1, 0.15) is 29.1 Å². The third-order valence-corrected chi connectivity index (χ3v) is 5.92. The maximum absolute atomic E-state index is 11.3. The van der Waals surface area contributed by atoms with Crippen molar-refractivity contribution in [1.82, 2.24) is 4.98 Å². The average Bonchev–Trinajstić information content (AvgIpc) is 3.33. The third-order valence-electron chi connectivity index (χ3n) is 4.17. The number of fused-ring (bicyclic) bond motifs is 1. The Balaban J connectivity index is 1.55. The van der Waals surface area contributed by atoms with E-state index in [2.05, 4.69) is 31.1 Å². The topological polar surface area (TPSA) is 88.0 Å². The quantitative estimate of drug-likeness (QED) is 0.293. The van der Waals surface area contributed by atoms with Gasteiger partial charge in [0, 0.05) is 10.0 Å². The molecule has 0 aliphatic rings. The second-order valence-electron chi connectivity index (χ2n) is 6.20. The van der Waals surface area contributed by atoms with Crippen LogP contribution >= 0.6 is 38.9 Å². The van der Waals surface area contributed by atoms with E-state index < -0.39 is 5.97 Å². The molecule has 1 unspecified atom stereocenters. The highest BCUT2D eigenvalue weighted by molar-refractivity contribution is 9.10. The van der Waals surface area contributed by atoms with Crippen molar-refractivity contribution in [2.45, 2.75) is 13.0 Å². The van der Waals surface area contributed by atoms with Crippen LogP contribution in [0.15, 0.2) is 67.6 Å². The molecule has 0 radical (unpaired) electrons. The Labute approximate surface area is 183 Å². The lowest BCUT2D eigenvalue weighted by molar-refractivity contribution is 0.0697. The van der Waals surface area contributed by atoms with Crippen LogP contribution in [-0.2, 0) is 0 Å². The van der Waals surface area contributed by atoms with Gasteiger partial charge in [0.1, 0.15) is 17.6 Å². The van der Waals surface area contributed by atoms with Crippen molar-refractivity contribution in [2.75, 3.05) is 0 Å². The highest BCUT2D eigenvalue weighted by Gasteiger charge is 2.15. The molecule has 0 aliphatic carbocycles. The third kappa shape index (κ3) is 4.24. The minimum Gasteiger partial charge on any atom is -0.478 e. The van der Waals surface area contributed by atoms with Gasteiger partial charge < -0.3 is 9.52 Å². The number of benzene rings is 2. The van der Waals surface area contributed by atoms with Gasteiger partial charge in [-0.25, -0.2) is 9.78 Å². The summed E-state index contributed by atoms with van der Waals surface area (Å²) in [5, 5.41) is 18.5. The predicted molar refractivity (Wildman–Crippen MR) is 116 cm³/mol. The molecule has 0 bridgehead atoms. The summed E-state index contributed by atoms with van der Waals surface area (Å²) < 4.78 is 7.85. The Morgan fingerprint density at radius 1 is 1.24 bits per heavy atom. The molecule has 146 valence electrons. The summed E-state index contributed by atoms with van der Waals surface area (Å²) in [7, 11) is 0. The van der Waals surface area contributed by atoms with E-state index >= 15 is 0 Å². The average molecular weight is 491 g/mol. The molecule has 0 amide bonds. The van der Waals surface area contributed by atoms with Gasteiger partial charge in [-0.05, 0) is 55.5 Å². The minimum absolute atomic E-state index is 0.0253. The lowest BCUT2D eigenvalue weighted by atomic mass is 10.1. The number of aromatic carboxylic acids is 1. The molecule has 0 saturated carbocycles. The van der Waals surface area contributed by atoms with Gasteiger partial charge in [-0.3, -0.25) is 0 Å². The smallest absolute Gasteiger partial charge is 0.337 e. The lowest BCUT2D eigenvalue weighted by Crippen LogP contribution is -1.97. The Kier molecular flexibility index (Phi) is 5.49. The first-order valence-electron chi connectivity index (χ1n) is 8.50. The first-order valence-corrected chi connectivity index (χ1v) is 10.5. The molecule has 9 heteroatoms. The first kappa shape index (κ1) is 19.8. The molecular formula is C20H13BrClN3O3S. The number of thiazole rings is 1. The Hall–Kier alpha value is -2.55. The van der Waals surface area contributed by atoms with Crippen molar-refractivity contribution in [3.05, 3.63) is 69.3 Å². The Bertz CT molecular complexity index is 1250. The van der Waals surface area contributed by atoms with Crippen molar-refractivity contribution in [3.8, 4) is 11.3 Å². The molecule has 1 N–H and O–H groups in total. The van der Waals surface area contributed by atoms with E-state index in [0.717, 1.165) is 14.7 Å². The van der Waals surface area contributed by atoms with E-state index in [0.29, 0.717) is 22.2 Å². The van der Waals surface area contributed by atoms with Gasteiger partial charge in [-0.1, -0.05) is 38.9 Å². The van der Waals surface area contributed by atoms with E-state index in [1.807, 2.05) is 25.1 Å². The molecule has 6 nitrogen and oxygen atoms in total. The Morgan fingerprint density at radius 3 is 2.86 bits per heavy atom. The molecule has 29 heavy (non-hydrogen) atoms. The number of carboxylic acids is 1. The molecule has 1 atom stereocenters. The van der Waals surface area contributed by atoms with Crippen LogP contribution in [0.3, 0.4) is 0 Å². The van der Waals surface area contributed by atoms with E-state index in [4.69, 9.17) is 16.0 Å². The van der Waals surface area contributed by atoms with Crippen LogP contribution in [0.5, 0.6) is 0 Å². The highest BCUT2D eigenvalue weighted by Crippen LogP contribution is 2.33. The maximum atomic E-state index is 11.3. The van der Waals surface area contributed by atoms with Gasteiger partial charge in [0.25, 0.3) is 0 Å². The number of aromatic nitrogens is 1. The molecule has 0 saturated heterocycles. The van der Waals surface area contributed by atoms with Gasteiger partial charge in [0.2, 0.25) is 5.13 Å². The Morgan fingerprint density at radius 2 is 2.07 bits per heavy atom.